The van der Waals surface area contributed by atoms with Gasteiger partial charge in [0.25, 0.3) is 0 Å². The number of aliphatic hydroxyl groups is 1. The number of aliphatic hydroxyl groups excluding tert-OH is 1. The Kier molecular flexibility index (Phi) is 4.15. The highest BCUT2D eigenvalue weighted by Gasteiger charge is 2.43. The average Bonchev–Trinajstić information content (AvgIpc) is 2.19. The molecule has 0 amide bonds. The fourth-order valence-electron chi connectivity index (χ4n) is 2.33. The lowest BCUT2D eigenvalue weighted by Crippen LogP contribution is -2.50. The summed E-state index contributed by atoms with van der Waals surface area (Å²) in [4.78, 5) is 0. The van der Waals surface area contributed by atoms with Crippen LogP contribution in [0.25, 0.3) is 0 Å². The quantitative estimate of drug-likeness (QED) is 0.781. The molecule has 1 aliphatic carbocycles. The number of hydrogen-bond donors (Lipinski definition) is 1. The Morgan fingerprint density at radius 3 is 2.07 bits per heavy atom. The van der Waals surface area contributed by atoms with Crippen molar-refractivity contribution < 1.29 is 14.6 Å². The molecule has 0 aliphatic heterocycles. The van der Waals surface area contributed by atoms with E-state index in [1.165, 1.54) is 0 Å². The van der Waals surface area contributed by atoms with Gasteiger partial charge in [0, 0.05) is 14.2 Å². The second-order valence-electron chi connectivity index (χ2n) is 5.40. The molecule has 0 radical (unpaired) electrons. The highest BCUT2D eigenvalue weighted by atomic mass is 16.5. The van der Waals surface area contributed by atoms with Crippen LogP contribution in [0.4, 0.5) is 0 Å². The normalized spacial score (nSPS) is 26.2. The van der Waals surface area contributed by atoms with Crippen molar-refractivity contribution in [2.75, 3.05) is 20.8 Å². The highest BCUT2D eigenvalue weighted by Crippen LogP contribution is 2.43. The molecule has 1 rings (SSSR count). The minimum atomic E-state index is -0.511. The van der Waals surface area contributed by atoms with Gasteiger partial charge < -0.3 is 14.6 Å². The largest absolute Gasteiger partial charge is 0.388 e. The van der Waals surface area contributed by atoms with Crippen LogP contribution < -0.4 is 0 Å². The van der Waals surface area contributed by atoms with Crippen molar-refractivity contribution in [2.45, 2.75) is 51.2 Å². The molecule has 1 atom stereocenters. The molecule has 3 nitrogen and oxygen atoms in total. The maximum absolute atomic E-state index is 10.0. The summed E-state index contributed by atoms with van der Waals surface area (Å²) in [6.45, 7) is 4.90. The molecule has 1 saturated carbocycles. The molecule has 0 aromatic rings. The van der Waals surface area contributed by atoms with Crippen LogP contribution in [0.3, 0.4) is 0 Å². The molecule has 0 heterocycles. The van der Waals surface area contributed by atoms with E-state index in [2.05, 4.69) is 13.8 Å². The molecule has 0 aromatic heterocycles. The Morgan fingerprint density at radius 2 is 1.67 bits per heavy atom. The Morgan fingerprint density at radius 1 is 1.13 bits per heavy atom. The molecule has 3 heteroatoms. The van der Waals surface area contributed by atoms with E-state index >= 15 is 0 Å². The van der Waals surface area contributed by atoms with E-state index in [1.54, 1.807) is 14.2 Å². The third-order valence-corrected chi connectivity index (χ3v) is 3.79. The molecule has 0 saturated heterocycles. The molecule has 0 spiro atoms. The van der Waals surface area contributed by atoms with Gasteiger partial charge in [-0.1, -0.05) is 13.8 Å². The molecule has 1 fully saturated rings. The van der Waals surface area contributed by atoms with E-state index in [9.17, 15) is 5.11 Å². The van der Waals surface area contributed by atoms with Crippen LogP contribution in [-0.4, -0.2) is 37.6 Å². The van der Waals surface area contributed by atoms with Crippen LogP contribution in [0.1, 0.15) is 39.5 Å². The third-order valence-electron chi connectivity index (χ3n) is 3.79. The lowest BCUT2D eigenvalue weighted by molar-refractivity contribution is -0.151. The predicted molar refractivity (Wildman–Crippen MR) is 59.9 cm³/mol. The molecular weight excluding hydrogens is 192 g/mol. The molecule has 0 bridgehead atoms. The van der Waals surface area contributed by atoms with Crippen molar-refractivity contribution in [1.29, 1.82) is 0 Å². The molecule has 15 heavy (non-hydrogen) atoms. The zero-order valence-electron chi connectivity index (χ0n) is 10.4. The van der Waals surface area contributed by atoms with Crippen molar-refractivity contribution in [3.63, 3.8) is 0 Å². The molecule has 1 aliphatic rings. The predicted octanol–water partition coefficient (Wildman–Crippen LogP) is 1.98. The van der Waals surface area contributed by atoms with Gasteiger partial charge >= 0.3 is 0 Å². The topological polar surface area (TPSA) is 38.7 Å². The van der Waals surface area contributed by atoms with Gasteiger partial charge in [0.05, 0.1) is 12.2 Å². The van der Waals surface area contributed by atoms with E-state index in [-0.39, 0.29) is 5.60 Å². The fraction of sp³-hybridized carbons (Fsp3) is 1.00. The van der Waals surface area contributed by atoms with Gasteiger partial charge in [-0.3, -0.25) is 0 Å². The summed E-state index contributed by atoms with van der Waals surface area (Å²) in [6.07, 6.45) is 3.52. The monoisotopic (exact) mass is 216 g/mol. The number of rotatable bonds is 4. The number of hydrogen-bond acceptors (Lipinski definition) is 3. The summed E-state index contributed by atoms with van der Waals surface area (Å²) in [5, 5.41) is 10.0. The summed E-state index contributed by atoms with van der Waals surface area (Å²) in [5.41, 5.74) is 0.000349. The van der Waals surface area contributed by atoms with E-state index in [0.29, 0.717) is 12.0 Å². The highest BCUT2D eigenvalue weighted by molar-refractivity contribution is 4.95. The summed E-state index contributed by atoms with van der Waals surface area (Å²) >= 11 is 0. The first-order valence-electron chi connectivity index (χ1n) is 5.68. The van der Waals surface area contributed by atoms with Crippen LogP contribution in [0, 0.1) is 5.41 Å². The van der Waals surface area contributed by atoms with Gasteiger partial charge in [-0.25, -0.2) is 0 Å². The van der Waals surface area contributed by atoms with Crippen molar-refractivity contribution in [3.8, 4) is 0 Å². The molecule has 1 N–H and O–H groups in total. The van der Waals surface area contributed by atoms with Crippen LogP contribution in [-0.2, 0) is 9.47 Å². The zero-order chi connectivity index (χ0) is 11.5. The maximum atomic E-state index is 10.0. The van der Waals surface area contributed by atoms with E-state index in [0.717, 1.165) is 25.7 Å². The first kappa shape index (κ1) is 12.9. The fourth-order valence-corrected chi connectivity index (χ4v) is 2.33. The van der Waals surface area contributed by atoms with Crippen molar-refractivity contribution in [3.05, 3.63) is 0 Å². The molecule has 1 unspecified atom stereocenters. The van der Waals surface area contributed by atoms with Gasteiger partial charge in [0.2, 0.25) is 0 Å². The van der Waals surface area contributed by atoms with Crippen LogP contribution in [0.5, 0.6) is 0 Å². The maximum Gasteiger partial charge on any atom is 0.106 e. The van der Waals surface area contributed by atoms with Gasteiger partial charge in [-0.2, -0.15) is 0 Å². The Bertz CT molecular complexity index is 191. The SMILES string of the molecule is COCC(O)C1(OC)CCC(C)(C)CC1. The third kappa shape index (κ3) is 2.92. The average molecular weight is 216 g/mol. The van der Waals surface area contributed by atoms with Gasteiger partial charge in [-0.05, 0) is 31.1 Å². The van der Waals surface area contributed by atoms with Gasteiger partial charge in [0.1, 0.15) is 6.10 Å². The summed E-state index contributed by atoms with van der Waals surface area (Å²) in [5.74, 6) is 0. The van der Waals surface area contributed by atoms with E-state index in [4.69, 9.17) is 9.47 Å². The standard InChI is InChI=1S/C12H24O3/c1-11(2)5-7-12(15-4,8-6-11)10(13)9-14-3/h10,13H,5-9H2,1-4H3. The van der Waals surface area contributed by atoms with Crippen molar-refractivity contribution in [2.24, 2.45) is 5.41 Å². The van der Waals surface area contributed by atoms with Crippen molar-refractivity contribution >= 4 is 0 Å². The Balaban J connectivity index is 2.63. The van der Waals surface area contributed by atoms with E-state index in [1.807, 2.05) is 0 Å². The van der Waals surface area contributed by atoms with Crippen LogP contribution >= 0.6 is 0 Å². The number of ether oxygens (including phenoxy) is 2. The molecule has 90 valence electrons. The van der Waals surface area contributed by atoms with Gasteiger partial charge in [0.15, 0.2) is 0 Å². The second-order valence-corrected chi connectivity index (χ2v) is 5.40. The molecule has 0 aromatic carbocycles. The Labute approximate surface area is 92.8 Å². The lowest BCUT2D eigenvalue weighted by atomic mass is 9.69. The van der Waals surface area contributed by atoms with E-state index < -0.39 is 6.10 Å². The van der Waals surface area contributed by atoms with Crippen LogP contribution in [0.2, 0.25) is 0 Å². The summed E-state index contributed by atoms with van der Waals surface area (Å²) < 4.78 is 10.6. The zero-order valence-corrected chi connectivity index (χ0v) is 10.4. The van der Waals surface area contributed by atoms with Gasteiger partial charge in [-0.15, -0.1) is 0 Å². The second kappa shape index (κ2) is 4.81. The summed E-state index contributed by atoms with van der Waals surface area (Å²) in [6, 6.07) is 0. The first-order chi connectivity index (χ1) is 6.96. The van der Waals surface area contributed by atoms with Crippen molar-refractivity contribution in [1.82, 2.24) is 0 Å². The minimum absolute atomic E-state index is 0.355. The van der Waals surface area contributed by atoms with Crippen LogP contribution in [0.15, 0.2) is 0 Å². The smallest absolute Gasteiger partial charge is 0.106 e. The summed E-state index contributed by atoms with van der Waals surface area (Å²) in [7, 11) is 3.30. The number of methoxy groups -OCH3 is 2. The molecular formula is C12H24O3. The lowest BCUT2D eigenvalue weighted by Gasteiger charge is -2.45. The first-order valence-corrected chi connectivity index (χ1v) is 5.68. The minimum Gasteiger partial charge on any atom is -0.388 e. The Hall–Kier alpha value is -0.120.